The summed E-state index contributed by atoms with van der Waals surface area (Å²) in [5, 5.41) is 12.8. The van der Waals surface area contributed by atoms with Crippen molar-refractivity contribution in [3.63, 3.8) is 0 Å². The molecule has 0 spiro atoms. The first-order chi connectivity index (χ1) is 15.9. The molecule has 0 aliphatic carbocycles. The van der Waals surface area contributed by atoms with E-state index < -0.39 is 5.97 Å². The molecule has 1 aliphatic heterocycles. The fraction of sp³-hybridized carbons (Fsp3) is 0.522. The summed E-state index contributed by atoms with van der Waals surface area (Å²) in [5.74, 6) is 0.137. The summed E-state index contributed by atoms with van der Waals surface area (Å²) in [7, 11) is 0. The number of ether oxygens (including phenoxy) is 2. The first-order valence-corrected chi connectivity index (χ1v) is 11.3. The molecule has 2 aromatic heterocycles. The normalized spacial score (nSPS) is 16.1. The topological polar surface area (TPSA) is 115 Å². The summed E-state index contributed by atoms with van der Waals surface area (Å²) < 4.78 is 12.3. The first kappa shape index (κ1) is 23.1. The van der Waals surface area contributed by atoms with Gasteiger partial charge in [0, 0.05) is 25.3 Å². The number of rotatable bonds is 9. The zero-order valence-corrected chi connectivity index (χ0v) is 19.3. The summed E-state index contributed by atoms with van der Waals surface area (Å²) in [6, 6.07) is 6.04. The van der Waals surface area contributed by atoms with Crippen molar-refractivity contribution in [1.29, 1.82) is 0 Å². The van der Waals surface area contributed by atoms with Gasteiger partial charge in [-0.25, -0.2) is 4.68 Å². The second kappa shape index (κ2) is 10.2. The number of pyridine rings is 1. The van der Waals surface area contributed by atoms with Gasteiger partial charge in [-0.3, -0.25) is 14.5 Å². The van der Waals surface area contributed by atoms with Crippen LogP contribution in [0.5, 0.6) is 0 Å². The highest BCUT2D eigenvalue weighted by Crippen LogP contribution is 2.20. The highest BCUT2D eigenvalue weighted by Gasteiger charge is 2.23. The van der Waals surface area contributed by atoms with Gasteiger partial charge in [0.05, 0.1) is 24.8 Å². The van der Waals surface area contributed by atoms with Gasteiger partial charge in [-0.2, -0.15) is 0 Å². The van der Waals surface area contributed by atoms with Gasteiger partial charge in [-0.15, -0.1) is 5.10 Å². The molecule has 3 heterocycles. The maximum absolute atomic E-state index is 12.9. The van der Waals surface area contributed by atoms with Gasteiger partial charge in [0.2, 0.25) is 0 Å². The van der Waals surface area contributed by atoms with E-state index in [1.165, 1.54) is 4.68 Å². The number of hydrogen-bond acceptors (Lipinski definition) is 8. The summed E-state index contributed by atoms with van der Waals surface area (Å²) >= 11 is 0. The molecular formula is C23H30N6O4. The van der Waals surface area contributed by atoms with E-state index in [0.29, 0.717) is 37.6 Å². The number of tetrazole rings is 1. The van der Waals surface area contributed by atoms with Gasteiger partial charge >= 0.3 is 5.97 Å². The lowest BCUT2D eigenvalue weighted by Crippen LogP contribution is -2.34. The van der Waals surface area contributed by atoms with Crippen LogP contribution in [0.3, 0.4) is 0 Å². The van der Waals surface area contributed by atoms with Crippen LogP contribution in [0.25, 0.3) is 10.9 Å². The van der Waals surface area contributed by atoms with Gasteiger partial charge in [-0.1, -0.05) is 12.1 Å². The Hall–Kier alpha value is -3.11. The standard InChI is InChI=1S/C23H30N6O4/c1-4-32-21(30)14-29-20(25-26-27-29)13-28(12-19-6-5-9-33-19)11-18-10-17-8-7-15(2)16(3)22(17)24-23(18)31/h7-8,10,19H,4-6,9,11-14H2,1-3H3,(H,24,31)/t19-/m0/s1. The summed E-state index contributed by atoms with van der Waals surface area (Å²) in [6.45, 7) is 8.20. The molecule has 1 saturated heterocycles. The Morgan fingerprint density at radius 1 is 1.33 bits per heavy atom. The smallest absolute Gasteiger partial charge is 0.327 e. The van der Waals surface area contributed by atoms with E-state index in [1.54, 1.807) is 6.92 Å². The number of fused-ring (bicyclic) bond motifs is 1. The minimum Gasteiger partial charge on any atom is -0.465 e. The molecule has 33 heavy (non-hydrogen) atoms. The monoisotopic (exact) mass is 454 g/mol. The van der Waals surface area contributed by atoms with Crippen LogP contribution in [0.15, 0.2) is 23.0 Å². The van der Waals surface area contributed by atoms with Crippen LogP contribution in [-0.4, -0.2) is 61.9 Å². The van der Waals surface area contributed by atoms with Crippen molar-refractivity contribution in [2.75, 3.05) is 19.8 Å². The molecule has 4 rings (SSSR count). The van der Waals surface area contributed by atoms with Crippen molar-refractivity contribution in [3.8, 4) is 0 Å². The molecular weight excluding hydrogens is 424 g/mol. The Kier molecular flexibility index (Phi) is 7.14. The summed E-state index contributed by atoms with van der Waals surface area (Å²) in [5.41, 5.74) is 3.63. The number of esters is 1. The predicted octanol–water partition coefficient (Wildman–Crippen LogP) is 1.88. The first-order valence-electron chi connectivity index (χ1n) is 11.3. The van der Waals surface area contributed by atoms with E-state index in [9.17, 15) is 9.59 Å². The minimum atomic E-state index is -0.395. The molecule has 1 fully saturated rings. The number of aromatic amines is 1. The molecule has 10 heteroatoms. The average Bonchev–Trinajstić information content (AvgIpc) is 3.44. The molecule has 0 saturated carbocycles. The molecule has 0 amide bonds. The third-order valence-corrected chi connectivity index (χ3v) is 6.06. The van der Waals surface area contributed by atoms with E-state index in [2.05, 4.69) is 31.5 Å². The molecule has 1 N–H and O–H groups in total. The van der Waals surface area contributed by atoms with Crippen LogP contribution in [-0.2, 0) is 33.9 Å². The van der Waals surface area contributed by atoms with Crippen molar-refractivity contribution in [2.24, 2.45) is 0 Å². The van der Waals surface area contributed by atoms with Gasteiger partial charge in [0.15, 0.2) is 5.82 Å². The van der Waals surface area contributed by atoms with Crippen molar-refractivity contribution in [3.05, 3.63) is 51.1 Å². The number of nitrogens with one attached hydrogen (secondary N) is 1. The molecule has 1 aliphatic rings. The molecule has 1 atom stereocenters. The Morgan fingerprint density at radius 3 is 2.94 bits per heavy atom. The lowest BCUT2D eigenvalue weighted by Gasteiger charge is -2.24. The number of nitrogens with zero attached hydrogens (tertiary/aromatic N) is 5. The van der Waals surface area contributed by atoms with Crippen LogP contribution in [0.4, 0.5) is 0 Å². The lowest BCUT2D eigenvalue weighted by atomic mass is 10.0. The van der Waals surface area contributed by atoms with E-state index in [0.717, 1.165) is 41.5 Å². The van der Waals surface area contributed by atoms with Crippen molar-refractivity contribution in [1.82, 2.24) is 30.1 Å². The lowest BCUT2D eigenvalue weighted by molar-refractivity contribution is -0.144. The molecule has 10 nitrogen and oxygen atoms in total. The second-order valence-electron chi connectivity index (χ2n) is 8.46. The van der Waals surface area contributed by atoms with Crippen molar-refractivity contribution in [2.45, 2.75) is 59.4 Å². The maximum Gasteiger partial charge on any atom is 0.327 e. The van der Waals surface area contributed by atoms with Crippen LogP contribution < -0.4 is 5.56 Å². The Morgan fingerprint density at radius 2 is 2.18 bits per heavy atom. The van der Waals surface area contributed by atoms with E-state index in [1.807, 2.05) is 26.0 Å². The van der Waals surface area contributed by atoms with E-state index in [-0.39, 0.29) is 18.2 Å². The molecule has 0 unspecified atom stereocenters. The summed E-state index contributed by atoms with van der Waals surface area (Å²) in [6.07, 6.45) is 2.08. The largest absolute Gasteiger partial charge is 0.465 e. The van der Waals surface area contributed by atoms with Crippen LogP contribution >= 0.6 is 0 Å². The van der Waals surface area contributed by atoms with Crippen molar-refractivity contribution >= 4 is 16.9 Å². The Bertz CT molecular complexity index is 1180. The quantitative estimate of drug-likeness (QED) is 0.487. The maximum atomic E-state index is 12.9. The van der Waals surface area contributed by atoms with Gasteiger partial charge in [0.25, 0.3) is 5.56 Å². The van der Waals surface area contributed by atoms with Gasteiger partial charge < -0.3 is 14.5 Å². The third-order valence-electron chi connectivity index (χ3n) is 6.06. The minimum absolute atomic E-state index is 0.0564. The molecule has 0 bridgehead atoms. The Labute approximate surface area is 191 Å². The zero-order chi connectivity index (χ0) is 23.4. The number of H-pyrrole nitrogens is 1. The molecule has 3 aromatic rings. The fourth-order valence-electron chi connectivity index (χ4n) is 4.18. The number of aryl methyl sites for hydroxylation is 2. The van der Waals surface area contributed by atoms with E-state index in [4.69, 9.17) is 9.47 Å². The van der Waals surface area contributed by atoms with Crippen LogP contribution in [0, 0.1) is 13.8 Å². The Balaban J connectivity index is 1.59. The predicted molar refractivity (Wildman–Crippen MR) is 122 cm³/mol. The molecule has 176 valence electrons. The number of carbonyl (C=O) groups excluding carboxylic acids is 1. The highest BCUT2D eigenvalue weighted by atomic mass is 16.5. The van der Waals surface area contributed by atoms with Crippen LogP contribution in [0.2, 0.25) is 0 Å². The zero-order valence-electron chi connectivity index (χ0n) is 19.3. The SMILES string of the molecule is CCOC(=O)Cn1nnnc1CN(Cc1cc2ccc(C)c(C)c2[nH]c1=O)C[C@@H]1CCCO1. The number of aromatic nitrogens is 5. The van der Waals surface area contributed by atoms with E-state index >= 15 is 0 Å². The van der Waals surface area contributed by atoms with Gasteiger partial charge in [-0.05, 0) is 66.6 Å². The molecule has 1 aromatic carbocycles. The number of hydrogen-bond donors (Lipinski definition) is 1. The second-order valence-corrected chi connectivity index (χ2v) is 8.46. The van der Waals surface area contributed by atoms with Gasteiger partial charge in [0.1, 0.15) is 6.54 Å². The van der Waals surface area contributed by atoms with Crippen molar-refractivity contribution < 1.29 is 14.3 Å². The number of carbonyl (C=O) groups is 1. The third kappa shape index (κ3) is 5.45. The fourth-order valence-corrected chi connectivity index (χ4v) is 4.18. The molecule has 0 radical (unpaired) electrons. The van der Waals surface area contributed by atoms with Crippen LogP contribution in [0.1, 0.15) is 42.3 Å². The average molecular weight is 455 g/mol. The number of benzene rings is 1. The highest BCUT2D eigenvalue weighted by molar-refractivity contribution is 5.83. The summed E-state index contributed by atoms with van der Waals surface area (Å²) in [4.78, 5) is 30.0.